The lowest BCUT2D eigenvalue weighted by Gasteiger charge is -2.22. The molecule has 3 aromatic rings. The zero-order chi connectivity index (χ0) is 18.5. The van der Waals surface area contributed by atoms with Crippen LogP contribution in [0.4, 0.5) is 10.1 Å². The van der Waals surface area contributed by atoms with Gasteiger partial charge in [-0.2, -0.15) is 0 Å². The zero-order valence-corrected chi connectivity index (χ0v) is 16.4. The molecular formula is C19H16ClFN2OS2. The number of aryl methyl sites for hydroxylation is 1. The molecule has 0 aliphatic heterocycles. The lowest BCUT2D eigenvalue weighted by atomic mass is 10.2. The number of nitrogens with zero attached hydrogens (tertiary/aromatic N) is 2. The summed E-state index contributed by atoms with van der Waals surface area (Å²) in [5.41, 5.74) is 1.47. The van der Waals surface area contributed by atoms with Crippen molar-refractivity contribution in [2.45, 2.75) is 18.4 Å². The number of hydrogen-bond acceptors (Lipinski definition) is 4. The van der Waals surface area contributed by atoms with Gasteiger partial charge in [0, 0.05) is 21.0 Å². The van der Waals surface area contributed by atoms with Crippen molar-refractivity contribution in [1.29, 1.82) is 0 Å². The molecule has 0 aliphatic carbocycles. The number of thioether (sulfide) groups is 1. The van der Waals surface area contributed by atoms with E-state index in [1.54, 1.807) is 40.5 Å². The molecule has 3 nitrogen and oxygen atoms in total. The summed E-state index contributed by atoms with van der Waals surface area (Å²) in [5.74, 6) is -0.134. The van der Waals surface area contributed by atoms with E-state index < -0.39 is 0 Å². The van der Waals surface area contributed by atoms with Crippen molar-refractivity contribution >= 4 is 46.3 Å². The molecule has 0 N–H and O–H groups in total. The Labute approximate surface area is 164 Å². The fourth-order valence-electron chi connectivity index (χ4n) is 2.34. The van der Waals surface area contributed by atoms with Crippen LogP contribution in [0.25, 0.3) is 0 Å². The van der Waals surface area contributed by atoms with Gasteiger partial charge in [-0.15, -0.1) is 23.1 Å². The van der Waals surface area contributed by atoms with Crippen LogP contribution in [-0.2, 0) is 11.3 Å². The smallest absolute Gasteiger partial charge is 0.237 e. The van der Waals surface area contributed by atoms with Crippen LogP contribution in [0.2, 0.25) is 5.02 Å². The Morgan fingerprint density at radius 2 is 1.88 bits per heavy atom. The average molecular weight is 407 g/mol. The number of thiazole rings is 1. The van der Waals surface area contributed by atoms with Crippen LogP contribution in [-0.4, -0.2) is 16.6 Å². The molecule has 0 radical (unpaired) electrons. The van der Waals surface area contributed by atoms with Crippen LogP contribution in [0.5, 0.6) is 0 Å². The van der Waals surface area contributed by atoms with Crippen molar-refractivity contribution in [1.82, 2.24) is 4.98 Å². The summed E-state index contributed by atoms with van der Waals surface area (Å²) in [6.45, 7) is 2.28. The van der Waals surface area contributed by atoms with Gasteiger partial charge >= 0.3 is 0 Å². The van der Waals surface area contributed by atoms with Crippen molar-refractivity contribution < 1.29 is 9.18 Å². The number of benzene rings is 2. The first-order valence-electron chi connectivity index (χ1n) is 7.86. The highest BCUT2D eigenvalue weighted by Gasteiger charge is 2.18. The fourth-order valence-corrected chi connectivity index (χ4v) is 3.85. The van der Waals surface area contributed by atoms with Crippen molar-refractivity contribution in [3.8, 4) is 0 Å². The maximum absolute atomic E-state index is 13.3. The zero-order valence-electron chi connectivity index (χ0n) is 14.0. The van der Waals surface area contributed by atoms with Crippen LogP contribution in [0.1, 0.15) is 10.7 Å². The third kappa shape index (κ3) is 5.06. The van der Waals surface area contributed by atoms with Gasteiger partial charge in [-0.25, -0.2) is 9.37 Å². The molecule has 3 rings (SSSR count). The highest BCUT2D eigenvalue weighted by Crippen LogP contribution is 2.24. The average Bonchev–Trinajstić information content (AvgIpc) is 3.05. The molecule has 0 unspecified atom stereocenters. The van der Waals surface area contributed by atoms with Crippen LogP contribution < -0.4 is 4.90 Å². The second-order valence-electron chi connectivity index (χ2n) is 5.56. The quantitative estimate of drug-likeness (QED) is 0.502. The second-order valence-corrected chi connectivity index (χ2v) is 8.10. The maximum atomic E-state index is 13.3. The Morgan fingerprint density at radius 3 is 2.50 bits per heavy atom. The van der Waals surface area contributed by atoms with E-state index in [4.69, 9.17) is 11.6 Å². The Kier molecular flexibility index (Phi) is 6.29. The van der Waals surface area contributed by atoms with Gasteiger partial charge in [-0.3, -0.25) is 4.79 Å². The van der Waals surface area contributed by atoms with E-state index in [2.05, 4.69) is 4.98 Å². The summed E-state index contributed by atoms with van der Waals surface area (Å²) in [5, 5.41) is 3.54. The monoisotopic (exact) mass is 406 g/mol. The van der Waals surface area contributed by atoms with Crippen LogP contribution >= 0.6 is 34.7 Å². The molecule has 0 aliphatic rings. The first kappa shape index (κ1) is 18.9. The molecule has 1 heterocycles. The minimum atomic E-state index is -0.332. The molecule has 7 heteroatoms. The molecule has 134 valence electrons. The van der Waals surface area contributed by atoms with Gasteiger partial charge in [0.1, 0.15) is 5.82 Å². The van der Waals surface area contributed by atoms with Crippen molar-refractivity contribution in [3.63, 3.8) is 0 Å². The maximum Gasteiger partial charge on any atom is 0.237 e. The molecule has 2 aromatic carbocycles. The van der Waals surface area contributed by atoms with Crippen LogP contribution in [0.3, 0.4) is 0 Å². The fraction of sp³-hybridized carbons (Fsp3) is 0.158. The van der Waals surface area contributed by atoms with Crippen molar-refractivity contribution in [2.75, 3.05) is 10.7 Å². The van der Waals surface area contributed by atoms with Gasteiger partial charge in [0.25, 0.3) is 0 Å². The number of halogens is 2. The molecule has 1 amide bonds. The van der Waals surface area contributed by atoms with Crippen LogP contribution in [0, 0.1) is 12.7 Å². The van der Waals surface area contributed by atoms with E-state index in [0.717, 1.165) is 15.6 Å². The summed E-state index contributed by atoms with van der Waals surface area (Å²) < 4.78 is 13.3. The molecule has 0 bridgehead atoms. The number of carbonyl (C=O) groups is 1. The second kappa shape index (κ2) is 8.66. The summed E-state index contributed by atoms with van der Waals surface area (Å²) in [4.78, 5) is 19.9. The Bertz CT molecular complexity index is 881. The van der Waals surface area contributed by atoms with Gasteiger partial charge < -0.3 is 4.90 Å². The van der Waals surface area contributed by atoms with E-state index in [-0.39, 0.29) is 17.5 Å². The molecule has 0 fully saturated rings. The normalized spacial score (nSPS) is 10.7. The number of amides is 1. The highest BCUT2D eigenvalue weighted by molar-refractivity contribution is 8.00. The number of hydrogen-bond donors (Lipinski definition) is 0. The summed E-state index contributed by atoms with van der Waals surface area (Å²) in [7, 11) is 0. The number of aromatic nitrogens is 1. The third-order valence-electron chi connectivity index (χ3n) is 3.60. The van der Waals surface area contributed by atoms with E-state index in [1.807, 2.05) is 24.4 Å². The highest BCUT2D eigenvalue weighted by atomic mass is 35.5. The Morgan fingerprint density at radius 1 is 1.19 bits per heavy atom. The topological polar surface area (TPSA) is 33.2 Å². The molecule has 0 atom stereocenters. The van der Waals surface area contributed by atoms with E-state index in [9.17, 15) is 9.18 Å². The van der Waals surface area contributed by atoms with Crippen molar-refractivity contribution in [3.05, 3.63) is 75.5 Å². The molecule has 0 spiro atoms. The summed E-state index contributed by atoms with van der Waals surface area (Å²) in [6, 6.07) is 13.3. The first-order valence-corrected chi connectivity index (χ1v) is 10.1. The minimum absolute atomic E-state index is 0.0674. The standard InChI is InChI=1S/C19H16ClFN2OS2/c1-13-22-16(11-25-13)10-23(17-6-4-15(21)5-7-17)19(24)12-26-18-8-2-14(20)3-9-18/h2-9,11H,10,12H2,1H3. The van der Waals surface area contributed by atoms with Gasteiger partial charge in [-0.1, -0.05) is 11.6 Å². The molecule has 26 heavy (non-hydrogen) atoms. The summed E-state index contributed by atoms with van der Waals surface area (Å²) >= 11 is 8.87. The van der Waals surface area contributed by atoms with Gasteiger partial charge in [-0.05, 0) is 55.5 Å². The van der Waals surface area contributed by atoms with E-state index >= 15 is 0 Å². The molecule has 0 saturated heterocycles. The third-order valence-corrected chi connectivity index (χ3v) is 5.67. The van der Waals surface area contributed by atoms with Crippen LogP contribution in [0.15, 0.2) is 58.8 Å². The minimum Gasteiger partial charge on any atom is -0.306 e. The summed E-state index contributed by atoms with van der Waals surface area (Å²) in [6.07, 6.45) is 0. The van der Waals surface area contributed by atoms with Gasteiger partial charge in [0.15, 0.2) is 0 Å². The SMILES string of the molecule is Cc1nc(CN(C(=O)CSc2ccc(Cl)cc2)c2ccc(F)cc2)cs1. The van der Waals surface area contributed by atoms with Crippen molar-refractivity contribution in [2.24, 2.45) is 0 Å². The number of anilines is 1. The van der Waals surface area contributed by atoms with Gasteiger partial charge in [0.2, 0.25) is 5.91 Å². The molecule has 0 saturated carbocycles. The lowest BCUT2D eigenvalue weighted by Crippen LogP contribution is -2.32. The predicted octanol–water partition coefficient (Wildman–Crippen LogP) is 5.57. The molecular weight excluding hydrogens is 391 g/mol. The number of rotatable bonds is 6. The largest absolute Gasteiger partial charge is 0.306 e. The lowest BCUT2D eigenvalue weighted by molar-refractivity contribution is -0.116. The van der Waals surface area contributed by atoms with E-state index in [1.165, 1.54) is 23.9 Å². The van der Waals surface area contributed by atoms with E-state index in [0.29, 0.717) is 17.3 Å². The van der Waals surface area contributed by atoms with Gasteiger partial charge in [0.05, 0.1) is 23.0 Å². The Hall–Kier alpha value is -1.89. The number of carbonyl (C=O) groups excluding carboxylic acids is 1. The first-order chi connectivity index (χ1) is 12.5. The predicted molar refractivity (Wildman–Crippen MR) is 107 cm³/mol. The molecule has 1 aromatic heterocycles. The Balaban J connectivity index is 1.75.